The maximum absolute atomic E-state index is 13.7. The van der Waals surface area contributed by atoms with E-state index >= 15 is 0 Å². The Kier molecular flexibility index (Phi) is 6.89. The molecule has 1 amide bonds. The van der Waals surface area contributed by atoms with Gasteiger partial charge in [0.2, 0.25) is 5.91 Å². The molecular formula is C31H31N3O5. The van der Waals surface area contributed by atoms with Crippen LogP contribution in [-0.2, 0) is 20.8 Å². The van der Waals surface area contributed by atoms with Crippen molar-refractivity contribution in [3.63, 3.8) is 0 Å². The van der Waals surface area contributed by atoms with Gasteiger partial charge in [-0.15, -0.1) is 0 Å². The molecule has 2 aliphatic heterocycles. The molecule has 1 unspecified atom stereocenters. The second kappa shape index (κ2) is 10.6. The van der Waals surface area contributed by atoms with E-state index in [1.54, 1.807) is 12.1 Å². The summed E-state index contributed by atoms with van der Waals surface area (Å²) in [6, 6.07) is 25.1. The molecule has 0 radical (unpaired) electrons. The zero-order chi connectivity index (χ0) is 26.8. The first-order chi connectivity index (χ1) is 19.0. The Morgan fingerprint density at radius 3 is 2.28 bits per heavy atom. The number of nitro benzene ring substituents is 1. The highest BCUT2D eigenvalue weighted by Gasteiger charge is 2.41. The molecule has 3 heterocycles. The fourth-order valence-electron chi connectivity index (χ4n) is 5.89. The first-order valence-electron chi connectivity index (χ1n) is 13.4. The van der Waals surface area contributed by atoms with Gasteiger partial charge in [0.05, 0.1) is 18.1 Å². The maximum atomic E-state index is 13.7. The zero-order valence-electron chi connectivity index (χ0n) is 21.7. The second-order valence-corrected chi connectivity index (χ2v) is 10.3. The third kappa shape index (κ3) is 5.17. The van der Waals surface area contributed by atoms with E-state index in [1.165, 1.54) is 0 Å². The standard InChI is InChI=1S/C31H31N3O5/c35-30(32-15-13-31(14-16-32)38-17-18-39-31)20-26(24-9-5-2-6-10-24)28-22-33(21-23-7-3-1-4-8-23)29-12-11-25(34(36)37)19-27(28)29/h1-12,19,22,26H,13-18,20-21H2. The summed E-state index contributed by atoms with van der Waals surface area (Å²) in [5.74, 6) is -0.736. The largest absolute Gasteiger partial charge is 0.347 e. The SMILES string of the molecule is O=C(CC(c1ccccc1)c1cn(Cc2ccccc2)c2ccc([N+](=O)[O-])cc12)N1CCC2(CC1)OCCO2. The summed E-state index contributed by atoms with van der Waals surface area (Å²) in [7, 11) is 0. The summed E-state index contributed by atoms with van der Waals surface area (Å²) in [4.78, 5) is 26.9. The van der Waals surface area contributed by atoms with Gasteiger partial charge in [-0.1, -0.05) is 60.7 Å². The molecule has 200 valence electrons. The molecule has 3 aromatic carbocycles. The monoisotopic (exact) mass is 525 g/mol. The number of nitro groups is 1. The minimum Gasteiger partial charge on any atom is -0.347 e. The summed E-state index contributed by atoms with van der Waals surface area (Å²) in [5.41, 5.74) is 4.00. The summed E-state index contributed by atoms with van der Waals surface area (Å²) >= 11 is 0. The van der Waals surface area contributed by atoms with Crippen molar-refractivity contribution < 1.29 is 19.2 Å². The van der Waals surface area contributed by atoms with Crippen molar-refractivity contribution in [1.29, 1.82) is 0 Å². The van der Waals surface area contributed by atoms with Gasteiger partial charge in [-0.25, -0.2) is 0 Å². The van der Waals surface area contributed by atoms with Crippen molar-refractivity contribution in [1.82, 2.24) is 9.47 Å². The van der Waals surface area contributed by atoms with E-state index in [1.807, 2.05) is 59.5 Å². The van der Waals surface area contributed by atoms with Crippen LogP contribution >= 0.6 is 0 Å². The molecule has 8 heteroatoms. The quantitative estimate of drug-likeness (QED) is 0.235. The van der Waals surface area contributed by atoms with Gasteiger partial charge in [0.25, 0.3) is 5.69 Å². The van der Waals surface area contributed by atoms with Crippen LogP contribution in [-0.4, -0.2) is 52.4 Å². The van der Waals surface area contributed by atoms with Crippen LogP contribution in [0, 0.1) is 10.1 Å². The van der Waals surface area contributed by atoms with Crippen molar-refractivity contribution in [2.24, 2.45) is 0 Å². The lowest BCUT2D eigenvalue weighted by atomic mass is 9.87. The van der Waals surface area contributed by atoms with Crippen LogP contribution in [0.15, 0.2) is 85.1 Å². The fourth-order valence-corrected chi connectivity index (χ4v) is 5.89. The first kappa shape index (κ1) is 25.3. The summed E-state index contributed by atoms with van der Waals surface area (Å²) in [6.45, 7) is 2.99. The van der Waals surface area contributed by atoms with E-state index in [0.29, 0.717) is 45.7 Å². The number of piperidine rings is 1. The molecule has 4 aromatic rings. The van der Waals surface area contributed by atoms with Crippen LogP contribution in [0.3, 0.4) is 0 Å². The highest BCUT2D eigenvalue weighted by atomic mass is 16.7. The highest BCUT2D eigenvalue weighted by molar-refractivity contribution is 5.88. The average molecular weight is 526 g/mol. The average Bonchev–Trinajstić information content (AvgIpc) is 3.57. The number of ether oxygens (including phenoxy) is 2. The van der Waals surface area contributed by atoms with Gasteiger partial charge in [0, 0.05) is 74.0 Å². The van der Waals surface area contributed by atoms with Crippen LogP contribution in [0.25, 0.3) is 10.9 Å². The molecule has 1 aromatic heterocycles. The molecule has 39 heavy (non-hydrogen) atoms. The van der Waals surface area contributed by atoms with E-state index < -0.39 is 5.79 Å². The highest BCUT2D eigenvalue weighted by Crippen LogP contribution is 2.38. The number of rotatable bonds is 7. The molecule has 8 nitrogen and oxygen atoms in total. The number of aromatic nitrogens is 1. The normalized spacial score (nSPS) is 17.5. The summed E-state index contributed by atoms with van der Waals surface area (Å²) in [6.07, 6.45) is 3.66. The Bertz CT molecular complexity index is 1470. The predicted octanol–water partition coefficient (Wildman–Crippen LogP) is 5.49. The molecule has 2 saturated heterocycles. The third-order valence-corrected chi connectivity index (χ3v) is 7.95. The Labute approximate surface area is 226 Å². The number of carbonyl (C=O) groups excluding carboxylic acids is 1. The van der Waals surface area contributed by atoms with Crippen LogP contribution in [0.2, 0.25) is 0 Å². The van der Waals surface area contributed by atoms with Gasteiger partial charge < -0.3 is 18.9 Å². The molecule has 6 rings (SSSR count). The van der Waals surface area contributed by atoms with Crippen LogP contribution in [0.5, 0.6) is 0 Å². The Morgan fingerprint density at radius 2 is 1.62 bits per heavy atom. The number of non-ortho nitro benzene ring substituents is 1. The van der Waals surface area contributed by atoms with Crippen molar-refractivity contribution >= 4 is 22.5 Å². The molecule has 0 aliphatic carbocycles. The molecule has 2 fully saturated rings. The first-order valence-corrected chi connectivity index (χ1v) is 13.4. The predicted molar refractivity (Wildman–Crippen MR) is 147 cm³/mol. The number of hydrogen-bond acceptors (Lipinski definition) is 5. The molecule has 0 N–H and O–H groups in total. The minimum atomic E-state index is -0.542. The van der Waals surface area contributed by atoms with E-state index in [-0.39, 0.29) is 28.9 Å². The van der Waals surface area contributed by atoms with Crippen LogP contribution in [0.4, 0.5) is 5.69 Å². The summed E-state index contributed by atoms with van der Waals surface area (Å²) < 4.78 is 13.8. The van der Waals surface area contributed by atoms with E-state index in [4.69, 9.17) is 9.47 Å². The Balaban J connectivity index is 1.37. The van der Waals surface area contributed by atoms with E-state index in [9.17, 15) is 14.9 Å². The van der Waals surface area contributed by atoms with Crippen molar-refractivity contribution in [3.05, 3.63) is 112 Å². The number of amides is 1. The topological polar surface area (TPSA) is 86.8 Å². The smallest absolute Gasteiger partial charge is 0.270 e. The summed E-state index contributed by atoms with van der Waals surface area (Å²) in [5, 5.41) is 12.5. The minimum absolute atomic E-state index is 0.0391. The van der Waals surface area contributed by atoms with Gasteiger partial charge in [-0.3, -0.25) is 14.9 Å². The van der Waals surface area contributed by atoms with Crippen LogP contribution in [0.1, 0.15) is 41.9 Å². The van der Waals surface area contributed by atoms with Crippen molar-refractivity contribution in [2.75, 3.05) is 26.3 Å². The van der Waals surface area contributed by atoms with Crippen molar-refractivity contribution in [2.45, 2.75) is 37.5 Å². The molecular weight excluding hydrogens is 494 g/mol. The molecule has 1 atom stereocenters. The van der Waals surface area contributed by atoms with E-state index in [0.717, 1.165) is 27.6 Å². The lowest BCUT2D eigenvalue weighted by Crippen LogP contribution is -2.47. The van der Waals surface area contributed by atoms with Gasteiger partial charge in [0.15, 0.2) is 5.79 Å². The maximum Gasteiger partial charge on any atom is 0.270 e. The number of likely N-dealkylation sites (tertiary alicyclic amines) is 1. The van der Waals surface area contributed by atoms with E-state index in [2.05, 4.69) is 22.9 Å². The second-order valence-electron chi connectivity index (χ2n) is 10.3. The van der Waals surface area contributed by atoms with Gasteiger partial charge in [-0.05, 0) is 22.8 Å². The van der Waals surface area contributed by atoms with Gasteiger partial charge >= 0.3 is 0 Å². The number of fused-ring (bicyclic) bond motifs is 1. The Hall–Kier alpha value is -4.01. The number of hydrogen-bond donors (Lipinski definition) is 0. The number of carbonyl (C=O) groups is 1. The third-order valence-electron chi connectivity index (χ3n) is 7.95. The van der Waals surface area contributed by atoms with Crippen LogP contribution < -0.4 is 0 Å². The Morgan fingerprint density at radius 1 is 0.949 bits per heavy atom. The molecule has 0 bridgehead atoms. The zero-order valence-corrected chi connectivity index (χ0v) is 21.7. The number of nitrogens with zero attached hydrogens (tertiary/aromatic N) is 3. The van der Waals surface area contributed by atoms with Crippen molar-refractivity contribution in [3.8, 4) is 0 Å². The fraction of sp³-hybridized carbons (Fsp3) is 0.323. The molecule has 2 aliphatic rings. The van der Waals surface area contributed by atoms with Gasteiger partial charge in [-0.2, -0.15) is 0 Å². The lowest BCUT2D eigenvalue weighted by Gasteiger charge is -2.38. The molecule has 1 spiro atoms. The molecule has 0 saturated carbocycles. The lowest BCUT2D eigenvalue weighted by molar-refractivity contribution is -0.384. The number of benzene rings is 3. The van der Waals surface area contributed by atoms with Gasteiger partial charge in [0.1, 0.15) is 0 Å².